The number of hydrogen-bond acceptors (Lipinski definition) is 2. The molecule has 0 bridgehead atoms. The van der Waals surface area contributed by atoms with Gasteiger partial charge in [-0.05, 0) is 48.2 Å². The van der Waals surface area contributed by atoms with E-state index >= 15 is 0 Å². The van der Waals surface area contributed by atoms with Crippen molar-refractivity contribution in [1.29, 1.82) is 0 Å². The maximum absolute atomic E-state index is 4.20. The molecule has 1 heterocycles. The fraction of sp³-hybridized carbons (Fsp3) is 0.500. The zero-order valence-corrected chi connectivity index (χ0v) is 12.3. The second-order valence-corrected chi connectivity index (χ2v) is 6.28. The van der Waals surface area contributed by atoms with Crippen molar-refractivity contribution in [3.63, 3.8) is 0 Å². The molecule has 1 aliphatic carbocycles. The summed E-state index contributed by atoms with van der Waals surface area (Å²) in [5.41, 5.74) is 1.38. The fourth-order valence-corrected chi connectivity index (χ4v) is 3.50. The molecule has 2 atom stereocenters. The molecule has 0 saturated heterocycles. The number of fused-ring (bicyclic) bond motifs is 1. The van der Waals surface area contributed by atoms with E-state index < -0.39 is 0 Å². The van der Waals surface area contributed by atoms with Crippen molar-refractivity contribution in [2.75, 3.05) is 6.54 Å². The van der Waals surface area contributed by atoms with Gasteiger partial charge in [-0.15, -0.1) is 0 Å². The highest BCUT2D eigenvalue weighted by Gasteiger charge is 2.18. The van der Waals surface area contributed by atoms with Crippen molar-refractivity contribution >= 4 is 10.8 Å². The third kappa shape index (κ3) is 3.18. The average molecular weight is 268 g/mol. The van der Waals surface area contributed by atoms with Gasteiger partial charge in [-0.2, -0.15) is 0 Å². The molecule has 1 aliphatic rings. The Morgan fingerprint density at radius 2 is 2.20 bits per heavy atom. The van der Waals surface area contributed by atoms with Gasteiger partial charge in [-0.25, -0.2) is 0 Å². The minimum Gasteiger partial charge on any atom is -0.312 e. The van der Waals surface area contributed by atoms with Crippen LogP contribution >= 0.6 is 0 Å². The molecular formula is C18H24N2. The van der Waals surface area contributed by atoms with E-state index in [-0.39, 0.29) is 0 Å². The van der Waals surface area contributed by atoms with Crippen molar-refractivity contribution in [3.05, 3.63) is 42.2 Å². The number of aromatic nitrogens is 1. The third-order valence-corrected chi connectivity index (χ3v) is 4.56. The number of nitrogens with zero attached hydrogens (tertiary/aromatic N) is 1. The summed E-state index contributed by atoms with van der Waals surface area (Å²) in [6.07, 6.45) is 9.46. The van der Waals surface area contributed by atoms with Crippen LogP contribution in [0, 0.1) is 11.8 Å². The van der Waals surface area contributed by atoms with Crippen LogP contribution in [-0.4, -0.2) is 11.5 Å². The molecule has 1 saturated carbocycles. The predicted octanol–water partition coefficient (Wildman–Crippen LogP) is 4.15. The Labute approximate surface area is 121 Å². The van der Waals surface area contributed by atoms with Crippen LogP contribution in [-0.2, 0) is 6.54 Å². The Hall–Kier alpha value is -1.41. The Balaban J connectivity index is 1.60. The van der Waals surface area contributed by atoms with Crippen LogP contribution < -0.4 is 5.32 Å². The van der Waals surface area contributed by atoms with E-state index in [2.05, 4.69) is 41.5 Å². The normalized spacial score (nSPS) is 23.1. The largest absolute Gasteiger partial charge is 0.312 e. The molecule has 2 heteroatoms. The predicted molar refractivity (Wildman–Crippen MR) is 84.6 cm³/mol. The summed E-state index contributed by atoms with van der Waals surface area (Å²) >= 11 is 0. The first-order chi connectivity index (χ1) is 9.83. The molecule has 0 radical (unpaired) electrons. The highest BCUT2D eigenvalue weighted by Crippen LogP contribution is 2.28. The standard InChI is InChI=1S/C18H24N2/c1-14-4-2-5-15(10-14)11-20-13-17-7-3-6-16-12-19-9-8-18(16)17/h3,6-9,12,14-15,20H,2,4-5,10-11,13H2,1H3. The Morgan fingerprint density at radius 1 is 1.25 bits per heavy atom. The fourth-order valence-electron chi connectivity index (χ4n) is 3.50. The summed E-state index contributed by atoms with van der Waals surface area (Å²) in [6, 6.07) is 8.60. The maximum atomic E-state index is 4.20. The molecule has 1 aromatic carbocycles. The minimum absolute atomic E-state index is 0.871. The molecule has 0 amide bonds. The quantitative estimate of drug-likeness (QED) is 0.901. The summed E-state index contributed by atoms with van der Waals surface area (Å²) in [7, 11) is 0. The smallest absolute Gasteiger partial charge is 0.0346 e. The van der Waals surface area contributed by atoms with Crippen LogP contribution in [0.3, 0.4) is 0 Å². The number of rotatable bonds is 4. The molecule has 0 aliphatic heterocycles. The molecule has 20 heavy (non-hydrogen) atoms. The number of pyridine rings is 1. The van der Waals surface area contributed by atoms with Crippen molar-refractivity contribution in [2.24, 2.45) is 11.8 Å². The van der Waals surface area contributed by atoms with E-state index in [4.69, 9.17) is 0 Å². The first-order valence-electron chi connectivity index (χ1n) is 7.85. The first kappa shape index (κ1) is 13.6. The van der Waals surface area contributed by atoms with E-state index in [0.29, 0.717) is 0 Å². The van der Waals surface area contributed by atoms with Gasteiger partial charge < -0.3 is 5.32 Å². The molecular weight excluding hydrogens is 244 g/mol. The van der Waals surface area contributed by atoms with Gasteiger partial charge in [0.25, 0.3) is 0 Å². The lowest BCUT2D eigenvalue weighted by Gasteiger charge is -2.26. The molecule has 1 fully saturated rings. The van der Waals surface area contributed by atoms with E-state index in [1.165, 1.54) is 42.0 Å². The molecule has 2 unspecified atom stereocenters. The second-order valence-electron chi connectivity index (χ2n) is 6.28. The topological polar surface area (TPSA) is 24.9 Å². The lowest BCUT2D eigenvalue weighted by Crippen LogP contribution is -2.26. The summed E-state index contributed by atoms with van der Waals surface area (Å²) < 4.78 is 0. The van der Waals surface area contributed by atoms with Crippen LogP contribution in [0.4, 0.5) is 0 Å². The Kier molecular flexibility index (Phi) is 4.31. The molecule has 0 spiro atoms. The van der Waals surface area contributed by atoms with Crippen molar-refractivity contribution < 1.29 is 0 Å². The summed E-state index contributed by atoms with van der Waals surface area (Å²) in [4.78, 5) is 4.20. The van der Waals surface area contributed by atoms with Gasteiger partial charge in [0.2, 0.25) is 0 Å². The number of hydrogen-bond donors (Lipinski definition) is 1. The molecule has 2 aromatic rings. The highest BCUT2D eigenvalue weighted by atomic mass is 14.9. The molecule has 1 N–H and O–H groups in total. The van der Waals surface area contributed by atoms with E-state index in [9.17, 15) is 0 Å². The SMILES string of the molecule is CC1CCCC(CNCc2cccc3cnccc23)C1. The lowest BCUT2D eigenvalue weighted by molar-refractivity contribution is 0.274. The van der Waals surface area contributed by atoms with Gasteiger partial charge in [0.1, 0.15) is 0 Å². The van der Waals surface area contributed by atoms with Crippen LogP contribution in [0.25, 0.3) is 10.8 Å². The van der Waals surface area contributed by atoms with Gasteiger partial charge in [0.05, 0.1) is 0 Å². The van der Waals surface area contributed by atoms with Crippen LogP contribution in [0.15, 0.2) is 36.7 Å². The van der Waals surface area contributed by atoms with Gasteiger partial charge in [0, 0.05) is 24.3 Å². The van der Waals surface area contributed by atoms with Gasteiger partial charge in [0.15, 0.2) is 0 Å². The Morgan fingerprint density at radius 3 is 3.10 bits per heavy atom. The summed E-state index contributed by atoms with van der Waals surface area (Å²) in [5.74, 6) is 1.79. The van der Waals surface area contributed by atoms with E-state index in [0.717, 1.165) is 24.9 Å². The number of nitrogens with one attached hydrogen (secondary N) is 1. The molecule has 106 valence electrons. The minimum atomic E-state index is 0.871. The second kappa shape index (κ2) is 6.36. The zero-order valence-electron chi connectivity index (χ0n) is 12.3. The summed E-state index contributed by atoms with van der Waals surface area (Å²) in [5, 5.41) is 6.22. The highest BCUT2D eigenvalue weighted by molar-refractivity contribution is 5.84. The van der Waals surface area contributed by atoms with Crippen LogP contribution in [0.5, 0.6) is 0 Å². The van der Waals surface area contributed by atoms with Crippen LogP contribution in [0.1, 0.15) is 38.2 Å². The first-order valence-corrected chi connectivity index (χ1v) is 7.85. The van der Waals surface area contributed by atoms with Gasteiger partial charge in [-0.1, -0.05) is 38.0 Å². The van der Waals surface area contributed by atoms with Crippen molar-refractivity contribution in [3.8, 4) is 0 Å². The third-order valence-electron chi connectivity index (χ3n) is 4.56. The number of benzene rings is 1. The maximum Gasteiger partial charge on any atom is 0.0346 e. The van der Waals surface area contributed by atoms with E-state index in [1.54, 1.807) is 0 Å². The molecule has 1 aromatic heterocycles. The lowest BCUT2D eigenvalue weighted by atomic mass is 9.82. The Bertz CT molecular complexity index is 559. The molecule has 3 rings (SSSR count). The molecule has 2 nitrogen and oxygen atoms in total. The zero-order chi connectivity index (χ0) is 13.8. The van der Waals surface area contributed by atoms with Gasteiger partial charge >= 0.3 is 0 Å². The van der Waals surface area contributed by atoms with E-state index in [1.807, 2.05) is 12.4 Å². The summed E-state index contributed by atoms with van der Waals surface area (Å²) in [6.45, 7) is 4.52. The van der Waals surface area contributed by atoms with Crippen molar-refractivity contribution in [2.45, 2.75) is 39.2 Å². The van der Waals surface area contributed by atoms with Crippen molar-refractivity contribution in [1.82, 2.24) is 10.3 Å². The monoisotopic (exact) mass is 268 g/mol. The van der Waals surface area contributed by atoms with Crippen LogP contribution in [0.2, 0.25) is 0 Å². The van der Waals surface area contributed by atoms with Gasteiger partial charge in [-0.3, -0.25) is 4.98 Å². The average Bonchev–Trinajstić information content (AvgIpc) is 2.48.